The van der Waals surface area contributed by atoms with E-state index in [2.05, 4.69) is 71.8 Å². The van der Waals surface area contributed by atoms with Crippen LogP contribution in [0, 0.1) is 20.8 Å². The Balaban J connectivity index is 1.14. The molecule has 10 rings (SSSR count). The van der Waals surface area contributed by atoms with Gasteiger partial charge in [-0.1, -0.05) is 157 Å². The summed E-state index contributed by atoms with van der Waals surface area (Å²) in [6, 6.07) is 68.1. The van der Waals surface area contributed by atoms with Gasteiger partial charge in [-0.25, -0.2) is 0 Å². The smallest absolute Gasteiger partial charge is 0.193 e. The molecule has 0 radical (unpaired) electrons. The van der Waals surface area contributed by atoms with Crippen LogP contribution in [0.15, 0.2) is 213 Å². The zero-order chi connectivity index (χ0) is 45.3. The van der Waals surface area contributed by atoms with E-state index in [1.54, 1.807) is 0 Å². The normalized spacial score (nSPS) is 11.5. The Morgan fingerprint density at radius 1 is 0.500 bits per heavy atom. The Bertz CT molecular complexity index is 3250. The highest BCUT2D eigenvalue weighted by atomic mass is 16.5. The molecular formula is C61H46N2O3. The molecule has 0 unspecified atom stereocenters. The first-order valence-electron chi connectivity index (χ1n) is 22.1. The number of fused-ring (bicyclic) bond motifs is 2. The van der Waals surface area contributed by atoms with Crippen LogP contribution < -0.4 is 14.5 Å². The summed E-state index contributed by atoms with van der Waals surface area (Å²) in [5, 5.41) is 0. The number of aryl methyl sites for hydroxylation is 3. The van der Waals surface area contributed by atoms with E-state index in [4.69, 9.17) is 4.74 Å². The Morgan fingerprint density at radius 3 is 1.47 bits per heavy atom. The number of hydrogen-bond acceptors (Lipinski definition) is 5. The fraction of sp³-hybridized carbons (Fsp3) is 0.0492. The van der Waals surface area contributed by atoms with Gasteiger partial charge in [0.25, 0.3) is 0 Å². The topological polar surface area (TPSA) is 49.9 Å². The van der Waals surface area contributed by atoms with Crippen LogP contribution >= 0.6 is 0 Å². The third-order valence-electron chi connectivity index (χ3n) is 12.3. The second-order valence-corrected chi connectivity index (χ2v) is 16.7. The molecule has 0 saturated carbocycles. The molecule has 5 heteroatoms. The lowest BCUT2D eigenvalue weighted by atomic mass is 9.85. The number of anilines is 6. The fourth-order valence-corrected chi connectivity index (χ4v) is 8.82. The number of hydrogen-bond donors (Lipinski definition) is 0. The summed E-state index contributed by atoms with van der Waals surface area (Å²) in [4.78, 5) is 34.3. The molecule has 0 N–H and O–H groups in total. The van der Waals surface area contributed by atoms with Crippen LogP contribution in [0.3, 0.4) is 0 Å². The van der Waals surface area contributed by atoms with E-state index in [0.29, 0.717) is 33.4 Å². The molecule has 0 aromatic heterocycles. The molecule has 318 valence electrons. The van der Waals surface area contributed by atoms with Crippen LogP contribution in [0.25, 0.3) is 28.3 Å². The molecule has 0 amide bonds. The standard InChI is InChI=1S/C61H46N2O3/c1-5-43-15-7-9-17-55(43)62(54-16-8-6-14-42(54)4)48-34-30-44(31-35-48)50-38-53(61(65)47-28-24-41(3)25-29-47)51(39-52(50)60(64)46-26-22-40(2)23-27-46)45-32-36-49(37-33-45)63-56-18-10-12-20-58(56)66-59-21-13-11-19-57(59)63/h5-39H,1H2,2-4H3. The molecule has 66 heavy (non-hydrogen) atoms. The van der Waals surface area contributed by atoms with Gasteiger partial charge in [-0.2, -0.15) is 0 Å². The van der Waals surface area contributed by atoms with Gasteiger partial charge in [-0.05, 0) is 127 Å². The van der Waals surface area contributed by atoms with Crippen molar-refractivity contribution < 1.29 is 14.3 Å². The van der Waals surface area contributed by atoms with Crippen molar-refractivity contribution in [2.24, 2.45) is 0 Å². The average Bonchev–Trinajstić information content (AvgIpc) is 3.36. The van der Waals surface area contributed by atoms with Crippen molar-refractivity contribution >= 4 is 51.8 Å². The van der Waals surface area contributed by atoms with Gasteiger partial charge >= 0.3 is 0 Å². The van der Waals surface area contributed by atoms with Gasteiger partial charge in [-0.3, -0.25) is 9.59 Å². The highest BCUT2D eigenvalue weighted by Crippen LogP contribution is 2.50. The van der Waals surface area contributed by atoms with Gasteiger partial charge in [0.2, 0.25) is 0 Å². The summed E-state index contributed by atoms with van der Waals surface area (Å²) in [5.74, 6) is 1.26. The van der Waals surface area contributed by atoms with E-state index in [9.17, 15) is 9.59 Å². The van der Waals surface area contributed by atoms with Gasteiger partial charge in [0, 0.05) is 39.3 Å². The van der Waals surface area contributed by atoms with E-state index in [1.807, 2.05) is 178 Å². The summed E-state index contributed by atoms with van der Waals surface area (Å²) >= 11 is 0. The highest BCUT2D eigenvalue weighted by Gasteiger charge is 2.27. The summed E-state index contributed by atoms with van der Waals surface area (Å²) in [6.45, 7) is 10.2. The average molecular weight is 855 g/mol. The van der Waals surface area contributed by atoms with Gasteiger partial charge in [0.05, 0.1) is 17.1 Å². The third-order valence-corrected chi connectivity index (χ3v) is 12.3. The molecule has 1 heterocycles. The van der Waals surface area contributed by atoms with Crippen LogP contribution in [0.4, 0.5) is 34.1 Å². The lowest BCUT2D eigenvalue weighted by Crippen LogP contribution is -2.15. The molecule has 9 aromatic carbocycles. The minimum absolute atomic E-state index is 0.135. The molecule has 5 nitrogen and oxygen atoms in total. The van der Waals surface area contributed by atoms with E-state index < -0.39 is 0 Å². The highest BCUT2D eigenvalue weighted by molar-refractivity contribution is 6.18. The van der Waals surface area contributed by atoms with Gasteiger partial charge in [0.1, 0.15) is 0 Å². The first kappa shape index (κ1) is 41.5. The van der Waals surface area contributed by atoms with Crippen molar-refractivity contribution in [3.8, 4) is 33.8 Å². The van der Waals surface area contributed by atoms with Crippen LogP contribution in [-0.2, 0) is 0 Å². The number of benzene rings is 9. The molecular weight excluding hydrogens is 809 g/mol. The quantitative estimate of drug-likeness (QED) is 0.121. The van der Waals surface area contributed by atoms with Crippen molar-refractivity contribution in [3.05, 3.63) is 257 Å². The van der Waals surface area contributed by atoms with Crippen LogP contribution in [0.1, 0.15) is 54.1 Å². The minimum Gasteiger partial charge on any atom is -0.453 e. The number of carbonyl (C=O) groups is 2. The molecule has 0 spiro atoms. The summed E-state index contributed by atoms with van der Waals surface area (Å²) in [5.41, 5.74) is 15.0. The van der Waals surface area contributed by atoms with Crippen molar-refractivity contribution in [2.75, 3.05) is 9.80 Å². The maximum Gasteiger partial charge on any atom is 0.193 e. The van der Waals surface area contributed by atoms with Crippen LogP contribution in [-0.4, -0.2) is 11.6 Å². The molecule has 0 aliphatic carbocycles. The van der Waals surface area contributed by atoms with E-state index in [0.717, 1.165) is 79.0 Å². The zero-order valence-electron chi connectivity index (χ0n) is 37.0. The van der Waals surface area contributed by atoms with Crippen molar-refractivity contribution in [1.82, 2.24) is 0 Å². The maximum absolute atomic E-state index is 15.0. The number of para-hydroxylation sites is 6. The first-order chi connectivity index (χ1) is 32.2. The van der Waals surface area contributed by atoms with E-state index in [1.165, 1.54) is 0 Å². The van der Waals surface area contributed by atoms with E-state index >= 15 is 0 Å². The number of nitrogens with zero attached hydrogens (tertiary/aromatic N) is 2. The minimum atomic E-state index is -0.135. The van der Waals surface area contributed by atoms with Gasteiger partial charge in [0.15, 0.2) is 23.1 Å². The molecule has 1 aliphatic rings. The third kappa shape index (κ3) is 7.77. The second kappa shape index (κ2) is 17.6. The Labute approximate surface area is 386 Å². The van der Waals surface area contributed by atoms with Crippen LogP contribution in [0.2, 0.25) is 0 Å². The lowest BCUT2D eigenvalue weighted by Gasteiger charge is -2.32. The van der Waals surface area contributed by atoms with Crippen molar-refractivity contribution in [3.63, 3.8) is 0 Å². The first-order valence-corrected chi connectivity index (χ1v) is 22.1. The molecule has 0 saturated heterocycles. The number of ketones is 2. The van der Waals surface area contributed by atoms with Crippen molar-refractivity contribution in [1.29, 1.82) is 0 Å². The maximum atomic E-state index is 15.0. The Hall–Kier alpha value is -8.54. The predicted molar refractivity (Wildman–Crippen MR) is 271 cm³/mol. The number of rotatable bonds is 11. The number of carbonyl (C=O) groups excluding carboxylic acids is 2. The summed E-state index contributed by atoms with van der Waals surface area (Å²) in [6.07, 6.45) is 1.88. The van der Waals surface area contributed by atoms with Gasteiger partial charge in [-0.15, -0.1) is 0 Å². The predicted octanol–water partition coefficient (Wildman–Crippen LogP) is 16.1. The monoisotopic (exact) mass is 854 g/mol. The summed E-state index contributed by atoms with van der Waals surface area (Å²) in [7, 11) is 0. The molecule has 0 fully saturated rings. The van der Waals surface area contributed by atoms with Gasteiger partial charge < -0.3 is 14.5 Å². The fourth-order valence-electron chi connectivity index (χ4n) is 8.82. The Kier molecular flexibility index (Phi) is 11.0. The van der Waals surface area contributed by atoms with Crippen LogP contribution in [0.5, 0.6) is 11.5 Å². The van der Waals surface area contributed by atoms with Crippen molar-refractivity contribution in [2.45, 2.75) is 20.8 Å². The number of ether oxygens (including phenoxy) is 1. The summed E-state index contributed by atoms with van der Waals surface area (Å²) < 4.78 is 6.30. The molecule has 1 aliphatic heterocycles. The van der Waals surface area contributed by atoms with E-state index in [-0.39, 0.29) is 11.6 Å². The SMILES string of the molecule is C=Cc1ccccc1N(c1ccc(-c2cc(C(=O)c3ccc(C)cc3)c(-c3ccc(N4c5ccccc5Oc5ccccc54)cc3)cc2C(=O)c2ccc(C)cc2)cc1)c1ccccc1C. The molecule has 0 atom stereocenters. The largest absolute Gasteiger partial charge is 0.453 e. The zero-order valence-corrected chi connectivity index (χ0v) is 37.0. The Morgan fingerprint density at radius 2 is 0.955 bits per heavy atom. The molecule has 0 bridgehead atoms. The lowest BCUT2D eigenvalue weighted by molar-refractivity contribution is 0.102. The second-order valence-electron chi connectivity index (χ2n) is 16.7. The molecule has 9 aromatic rings.